The van der Waals surface area contributed by atoms with Gasteiger partial charge in [-0.1, -0.05) is 66.2 Å². The molecule has 0 bridgehead atoms. The van der Waals surface area contributed by atoms with Crippen LogP contribution in [0.3, 0.4) is 0 Å². The monoisotopic (exact) mass is 960 g/mol. The summed E-state index contributed by atoms with van der Waals surface area (Å²) in [6, 6.07) is 32.2. The number of nitrogens with zero attached hydrogens (tertiary/aromatic N) is 5. The van der Waals surface area contributed by atoms with Gasteiger partial charge in [0.15, 0.2) is 0 Å². The Labute approximate surface area is 349 Å². The smallest absolute Gasteiger partial charge is 0.657 e. The molecule has 0 fully saturated rings. The van der Waals surface area contributed by atoms with E-state index in [4.69, 9.17) is 8.22 Å². The van der Waals surface area contributed by atoms with Crippen LogP contribution in [0.4, 0.5) is 60.5 Å². The minimum atomic E-state index is -4.56. The van der Waals surface area contributed by atoms with E-state index in [1.54, 1.807) is 25.5 Å². The Hall–Kier alpha value is -5.41. The summed E-state index contributed by atoms with van der Waals surface area (Å²) < 4.78 is 125. The van der Waals surface area contributed by atoms with Gasteiger partial charge in [-0.2, -0.15) is 39.7 Å². The van der Waals surface area contributed by atoms with E-state index in [2.05, 4.69) is 44.0 Å². The van der Waals surface area contributed by atoms with Gasteiger partial charge in [0, 0.05) is 31.0 Å². The van der Waals surface area contributed by atoms with E-state index >= 15 is 0 Å². The third kappa shape index (κ3) is 7.45. The molecule has 0 atom stereocenters. The number of fused-ring (bicyclic) bond motifs is 5. The van der Waals surface area contributed by atoms with Crippen LogP contribution in [0.15, 0.2) is 109 Å². The zero-order valence-electron chi connectivity index (χ0n) is 36.4. The van der Waals surface area contributed by atoms with Gasteiger partial charge in [-0.15, -0.1) is 46.2 Å². The maximum absolute atomic E-state index is 12.7. The van der Waals surface area contributed by atoms with Crippen molar-refractivity contribution in [3.05, 3.63) is 156 Å². The van der Waals surface area contributed by atoms with Gasteiger partial charge in [-0.25, -0.2) is 0 Å². The second-order valence-electron chi connectivity index (χ2n) is 13.7. The Morgan fingerprint density at radius 2 is 1.00 bits per heavy atom. The van der Waals surface area contributed by atoms with E-state index in [0.717, 1.165) is 75.6 Å². The van der Waals surface area contributed by atoms with Crippen molar-refractivity contribution in [3.8, 4) is 11.1 Å². The van der Waals surface area contributed by atoms with E-state index in [1.807, 2.05) is 58.3 Å². The Balaban J connectivity index is 0.000000228. The van der Waals surface area contributed by atoms with E-state index in [1.165, 1.54) is 9.80 Å². The zero-order chi connectivity index (χ0) is 44.7. The minimum absolute atomic E-state index is 0. The molecule has 0 saturated heterocycles. The van der Waals surface area contributed by atoms with Gasteiger partial charge in [0.2, 0.25) is 0 Å². The number of hydrogen-bond donors (Lipinski definition) is 0. The summed E-state index contributed by atoms with van der Waals surface area (Å²) in [5, 5.41) is 0.122. The van der Waals surface area contributed by atoms with Crippen LogP contribution in [0, 0.1) is 40.2 Å². The summed E-state index contributed by atoms with van der Waals surface area (Å²) in [5.74, 6) is 0. The fourth-order valence-electron chi connectivity index (χ4n) is 7.37. The Morgan fingerprint density at radius 1 is 0.579 bits per heavy atom. The summed E-state index contributed by atoms with van der Waals surface area (Å²) in [6.07, 6.45) is -9.11. The summed E-state index contributed by atoms with van der Waals surface area (Å²) in [6.45, 7) is 4.64. The number of alkyl halides is 6. The second-order valence-corrected chi connectivity index (χ2v) is 13.7. The van der Waals surface area contributed by atoms with Crippen molar-refractivity contribution in [3.63, 3.8) is 0 Å². The maximum atomic E-state index is 12.7. The molecule has 12 heteroatoms. The van der Waals surface area contributed by atoms with E-state index in [9.17, 15) is 26.3 Å². The van der Waals surface area contributed by atoms with Gasteiger partial charge in [-0.3, -0.25) is 0 Å². The predicted molar refractivity (Wildman–Crippen MR) is 212 cm³/mol. The van der Waals surface area contributed by atoms with Crippen molar-refractivity contribution in [2.24, 2.45) is 0 Å². The Bertz CT molecular complexity index is 2680. The van der Waals surface area contributed by atoms with Crippen LogP contribution in [-0.4, -0.2) is 14.0 Å². The van der Waals surface area contributed by atoms with Gasteiger partial charge in [-0.05, 0) is 98.6 Å². The fourth-order valence-corrected chi connectivity index (χ4v) is 7.37. The molecule has 0 radical (unpaired) electrons. The molecule has 2 aliphatic heterocycles. The first-order valence-electron chi connectivity index (χ1n) is 20.3. The SMILES string of the molecule is FC(F)(F)c1ccc2[n-]c3ccc(C(F)(F)F)cc3c2c1.[2H]C([2H])([2H])N1[CH-]N(c2[c-]c(N3[CH-]N(C([2H])([2H])[2H])c4ccccc43)cc(-c3c(C)cc(C)cc3C)c2)c2ccccc21.[Pt+4]. The number of aryl methyl sites for hydroxylation is 3. The Kier molecular flexibility index (Phi) is 8.49. The molecule has 0 spiro atoms. The molecule has 0 unspecified atom stereocenters. The number of para-hydroxylation sites is 4. The first-order valence-corrected chi connectivity index (χ1v) is 17.3. The van der Waals surface area contributed by atoms with Crippen LogP contribution >= 0.6 is 0 Å². The van der Waals surface area contributed by atoms with Crippen LogP contribution < -0.4 is 24.6 Å². The number of hydrogen-bond acceptors (Lipinski definition) is 4. The molecule has 2 aliphatic rings. The Morgan fingerprint density at radius 3 is 1.40 bits per heavy atom. The molecule has 6 aromatic carbocycles. The molecule has 292 valence electrons. The third-order valence-electron chi connectivity index (χ3n) is 9.77. The zero-order valence-corrected chi connectivity index (χ0v) is 32.6. The molecule has 3 heterocycles. The average molecular weight is 961 g/mol. The molecule has 57 heavy (non-hydrogen) atoms. The number of halogens is 6. The van der Waals surface area contributed by atoms with Crippen molar-refractivity contribution < 1.29 is 55.6 Å². The molecule has 5 nitrogen and oxygen atoms in total. The van der Waals surface area contributed by atoms with Gasteiger partial charge in [0.1, 0.15) is 0 Å². The molecule has 1 aromatic heterocycles. The maximum Gasteiger partial charge on any atom is 4.00 e. The van der Waals surface area contributed by atoms with Crippen molar-refractivity contribution >= 4 is 55.9 Å². The van der Waals surface area contributed by atoms with E-state index in [0.29, 0.717) is 22.7 Å². The van der Waals surface area contributed by atoms with Crippen molar-refractivity contribution in [1.82, 2.24) is 4.98 Å². The quantitative estimate of drug-likeness (QED) is 0.130. The minimum Gasteiger partial charge on any atom is -0.657 e. The molecular weight excluding hydrogens is 920 g/mol. The molecule has 0 amide bonds. The number of rotatable bonds is 3. The summed E-state index contributed by atoms with van der Waals surface area (Å²) >= 11 is 0. The largest absolute Gasteiger partial charge is 4.00 e. The number of benzene rings is 6. The first-order chi connectivity index (χ1) is 29.0. The topological polar surface area (TPSA) is 27.1 Å². The third-order valence-corrected chi connectivity index (χ3v) is 9.77. The molecule has 0 N–H and O–H groups in total. The van der Waals surface area contributed by atoms with Gasteiger partial charge < -0.3 is 24.6 Å². The number of aromatic nitrogens is 1. The van der Waals surface area contributed by atoms with E-state index < -0.39 is 37.4 Å². The van der Waals surface area contributed by atoms with Crippen molar-refractivity contribution in [1.29, 1.82) is 0 Å². The fraction of sp³-hybridized carbons (Fsp3) is 0.156. The number of anilines is 6. The summed E-state index contributed by atoms with van der Waals surface area (Å²) in [4.78, 5) is 10.3. The molecule has 7 aromatic rings. The molecule has 9 rings (SSSR count). The van der Waals surface area contributed by atoms with E-state index in [-0.39, 0.29) is 42.9 Å². The molecular formula is C45H35F6N5Pt. The van der Waals surface area contributed by atoms with Crippen molar-refractivity contribution in [2.75, 3.05) is 33.6 Å². The predicted octanol–water partition coefficient (Wildman–Crippen LogP) is 12.5. The molecule has 0 saturated carbocycles. The standard InChI is InChI=1S/C31H29N4.C14H6F6N.Pt/c1-21-14-22(2)31(23(3)15-21)24-16-25(34-19-32(4)27-10-6-8-12-29(27)34)18-26(17-24)35-20-33(5)28-11-7-9-13-30(28)35;15-13(16,17)7-1-3-11-9(5-7)10-6-8(14(18,19)20)2-4-12(10)21-11;/h6-17,19-20H,1-5H3;1-6H;/q-3;-1;+4/i4D3,5D3;;. The molecule has 0 aliphatic carbocycles. The van der Waals surface area contributed by atoms with Gasteiger partial charge in [0.05, 0.1) is 11.1 Å². The van der Waals surface area contributed by atoms with Crippen LogP contribution in [0.1, 0.15) is 36.0 Å². The van der Waals surface area contributed by atoms with Crippen LogP contribution in [0.2, 0.25) is 0 Å². The summed E-state index contributed by atoms with van der Waals surface area (Å²) in [7, 11) is 0. The second kappa shape index (κ2) is 14.8. The van der Waals surface area contributed by atoms with Crippen LogP contribution in [0.25, 0.3) is 32.9 Å². The van der Waals surface area contributed by atoms with Crippen LogP contribution in [0.5, 0.6) is 0 Å². The van der Waals surface area contributed by atoms with Gasteiger partial charge >= 0.3 is 33.4 Å². The van der Waals surface area contributed by atoms with Gasteiger partial charge in [0.25, 0.3) is 0 Å². The van der Waals surface area contributed by atoms with Crippen LogP contribution in [-0.2, 0) is 33.4 Å². The van der Waals surface area contributed by atoms with Crippen molar-refractivity contribution in [2.45, 2.75) is 33.1 Å². The summed E-state index contributed by atoms with van der Waals surface area (Å²) in [5.41, 5.74) is 7.84. The first kappa shape index (κ1) is 32.7. The average Bonchev–Trinajstić information content (AvgIpc) is 3.88. The normalized spacial score (nSPS) is 15.8.